The summed E-state index contributed by atoms with van der Waals surface area (Å²) in [4.78, 5) is 11.8. The van der Waals surface area contributed by atoms with Crippen molar-refractivity contribution < 1.29 is 9.53 Å². The summed E-state index contributed by atoms with van der Waals surface area (Å²) in [6.45, 7) is 4.48. The van der Waals surface area contributed by atoms with Gasteiger partial charge in [-0.3, -0.25) is 4.79 Å². The molecule has 1 heterocycles. The molecule has 0 spiro atoms. The number of halogens is 2. The molecule has 0 fully saturated rings. The van der Waals surface area contributed by atoms with E-state index in [1.807, 2.05) is 19.9 Å². The molecule has 0 saturated carbocycles. The van der Waals surface area contributed by atoms with Crippen LogP contribution in [0.4, 0.5) is 0 Å². The van der Waals surface area contributed by atoms with Gasteiger partial charge in [-0.2, -0.15) is 0 Å². The van der Waals surface area contributed by atoms with Crippen molar-refractivity contribution in [2.45, 2.75) is 26.4 Å². The number of rotatable bonds is 2. The predicted octanol–water partition coefficient (Wildman–Crippen LogP) is 3.18. The van der Waals surface area contributed by atoms with Crippen LogP contribution in [0, 0.1) is 0 Å². The molecule has 0 saturated heterocycles. The maximum absolute atomic E-state index is 11.8. The summed E-state index contributed by atoms with van der Waals surface area (Å²) in [5.41, 5.74) is 1.48. The third-order valence-electron chi connectivity index (χ3n) is 2.53. The average Bonchev–Trinajstić information content (AvgIpc) is 2.24. The summed E-state index contributed by atoms with van der Waals surface area (Å²) >= 11 is 9.70. The van der Waals surface area contributed by atoms with Gasteiger partial charge in [-0.1, -0.05) is 27.5 Å². The fraction of sp³-hybridized carbons (Fsp3) is 0.417. The van der Waals surface area contributed by atoms with Crippen LogP contribution in [0.5, 0.6) is 5.75 Å². The topological polar surface area (TPSA) is 38.3 Å². The first-order valence-corrected chi connectivity index (χ1v) is 6.63. The highest BCUT2D eigenvalue weighted by Gasteiger charge is 2.25. The third kappa shape index (κ3) is 2.43. The summed E-state index contributed by atoms with van der Waals surface area (Å²) in [5.74, 6) is 0.412. The van der Waals surface area contributed by atoms with Crippen molar-refractivity contribution >= 4 is 33.4 Å². The van der Waals surface area contributed by atoms with Crippen molar-refractivity contribution in [2.75, 3.05) is 6.54 Å². The van der Waals surface area contributed by atoms with Crippen molar-refractivity contribution in [2.24, 2.45) is 0 Å². The second-order valence-corrected chi connectivity index (χ2v) is 5.43. The fourth-order valence-corrected chi connectivity index (χ4v) is 2.75. The lowest BCUT2D eigenvalue weighted by molar-refractivity contribution is 0.0945. The minimum absolute atomic E-state index is 0.0177. The number of hydrogen-bond acceptors (Lipinski definition) is 2. The summed E-state index contributed by atoms with van der Waals surface area (Å²) in [7, 11) is 0. The SMILES string of the molecule is CC(C)Oc1cc(Br)c2c(c1Cl)C(=O)NCC2. The minimum Gasteiger partial charge on any atom is -0.489 e. The molecular weight excluding hydrogens is 305 g/mol. The van der Waals surface area contributed by atoms with Gasteiger partial charge >= 0.3 is 0 Å². The number of benzene rings is 1. The molecule has 1 aliphatic heterocycles. The Hall–Kier alpha value is -0.740. The van der Waals surface area contributed by atoms with Crippen LogP contribution in [0.1, 0.15) is 29.8 Å². The highest BCUT2D eigenvalue weighted by Crippen LogP contribution is 2.37. The van der Waals surface area contributed by atoms with Crippen LogP contribution in [-0.4, -0.2) is 18.6 Å². The van der Waals surface area contributed by atoms with Gasteiger partial charge in [0, 0.05) is 11.0 Å². The lowest BCUT2D eigenvalue weighted by Gasteiger charge is -2.22. The van der Waals surface area contributed by atoms with E-state index in [2.05, 4.69) is 21.2 Å². The van der Waals surface area contributed by atoms with Gasteiger partial charge in [-0.25, -0.2) is 0 Å². The fourth-order valence-electron chi connectivity index (χ4n) is 1.85. The standard InChI is InChI=1S/C12H13BrClNO2/c1-6(2)17-9-5-8(13)7-3-4-15-12(16)10(7)11(9)14/h5-6H,3-4H2,1-2H3,(H,15,16). The van der Waals surface area contributed by atoms with Crippen molar-refractivity contribution in [3.05, 3.63) is 26.7 Å². The van der Waals surface area contributed by atoms with E-state index in [0.29, 0.717) is 22.9 Å². The number of carbonyl (C=O) groups is 1. The molecule has 0 atom stereocenters. The van der Waals surface area contributed by atoms with E-state index in [1.54, 1.807) is 0 Å². The van der Waals surface area contributed by atoms with Gasteiger partial charge in [0.05, 0.1) is 16.7 Å². The van der Waals surface area contributed by atoms with Crippen molar-refractivity contribution in [3.8, 4) is 5.75 Å². The van der Waals surface area contributed by atoms with E-state index >= 15 is 0 Å². The highest BCUT2D eigenvalue weighted by molar-refractivity contribution is 9.10. The molecule has 1 aromatic rings. The van der Waals surface area contributed by atoms with Crippen molar-refractivity contribution in [3.63, 3.8) is 0 Å². The first kappa shape index (κ1) is 12.7. The molecule has 0 radical (unpaired) electrons. The van der Waals surface area contributed by atoms with E-state index in [-0.39, 0.29) is 12.0 Å². The van der Waals surface area contributed by atoms with E-state index in [1.165, 1.54) is 0 Å². The van der Waals surface area contributed by atoms with Crippen LogP contribution >= 0.6 is 27.5 Å². The normalized spacial score (nSPS) is 14.5. The highest BCUT2D eigenvalue weighted by atomic mass is 79.9. The number of ether oxygens (including phenoxy) is 1. The summed E-state index contributed by atoms with van der Waals surface area (Å²) in [5, 5.41) is 3.18. The van der Waals surface area contributed by atoms with Gasteiger partial charge < -0.3 is 10.1 Å². The van der Waals surface area contributed by atoms with Gasteiger partial charge in [0.1, 0.15) is 5.75 Å². The molecule has 0 unspecified atom stereocenters. The lowest BCUT2D eigenvalue weighted by Crippen LogP contribution is -2.32. The smallest absolute Gasteiger partial charge is 0.253 e. The summed E-state index contributed by atoms with van der Waals surface area (Å²) < 4.78 is 6.48. The van der Waals surface area contributed by atoms with Crippen LogP contribution in [-0.2, 0) is 6.42 Å². The van der Waals surface area contributed by atoms with Crippen LogP contribution in [0.25, 0.3) is 0 Å². The van der Waals surface area contributed by atoms with Gasteiger partial charge in [-0.05, 0) is 31.9 Å². The largest absolute Gasteiger partial charge is 0.489 e. The molecule has 0 aliphatic carbocycles. The zero-order valence-corrected chi connectivity index (χ0v) is 12.0. The number of amides is 1. The average molecular weight is 319 g/mol. The van der Waals surface area contributed by atoms with E-state index in [0.717, 1.165) is 16.5 Å². The molecule has 1 aliphatic rings. The zero-order valence-electron chi connectivity index (χ0n) is 9.64. The minimum atomic E-state index is -0.133. The van der Waals surface area contributed by atoms with E-state index in [4.69, 9.17) is 16.3 Å². The molecule has 0 bridgehead atoms. The molecule has 0 aromatic heterocycles. The van der Waals surface area contributed by atoms with Gasteiger partial charge in [0.2, 0.25) is 0 Å². The molecule has 3 nitrogen and oxygen atoms in total. The zero-order chi connectivity index (χ0) is 12.6. The number of hydrogen-bond donors (Lipinski definition) is 1. The van der Waals surface area contributed by atoms with Gasteiger partial charge in [-0.15, -0.1) is 0 Å². The molecule has 2 rings (SSSR count). The van der Waals surface area contributed by atoms with Gasteiger partial charge in [0.25, 0.3) is 5.91 Å². The Morgan fingerprint density at radius 3 is 2.88 bits per heavy atom. The Balaban J connectivity index is 2.55. The number of nitrogens with one attached hydrogen (secondary N) is 1. The first-order valence-electron chi connectivity index (χ1n) is 5.46. The Labute approximate surface area is 114 Å². The predicted molar refractivity (Wildman–Crippen MR) is 71.0 cm³/mol. The van der Waals surface area contributed by atoms with Crippen molar-refractivity contribution in [1.82, 2.24) is 5.32 Å². The van der Waals surface area contributed by atoms with E-state index in [9.17, 15) is 4.79 Å². The first-order chi connectivity index (χ1) is 8.00. The maximum Gasteiger partial charge on any atom is 0.253 e. The quantitative estimate of drug-likeness (QED) is 0.909. The molecule has 17 heavy (non-hydrogen) atoms. The summed E-state index contributed by atoms with van der Waals surface area (Å²) in [6, 6.07) is 1.83. The summed E-state index contributed by atoms with van der Waals surface area (Å²) in [6.07, 6.45) is 0.799. The van der Waals surface area contributed by atoms with Crippen LogP contribution < -0.4 is 10.1 Å². The Morgan fingerprint density at radius 1 is 1.53 bits per heavy atom. The Morgan fingerprint density at radius 2 is 2.24 bits per heavy atom. The van der Waals surface area contributed by atoms with E-state index < -0.39 is 0 Å². The van der Waals surface area contributed by atoms with Gasteiger partial charge in [0.15, 0.2) is 0 Å². The molecule has 92 valence electrons. The van der Waals surface area contributed by atoms with Crippen LogP contribution in [0.3, 0.4) is 0 Å². The lowest BCUT2D eigenvalue weighted by atomic mass is 10.00. The van der Waals surface area contributed by atoms with Crippen LogP contribution in [0.15, 0.2) is 10.5 Å². The molecule has 1 amide bonds. The number of fused-ring (bicyclic) bond motifs is 1. The van der Waals surface area contributed by atoms with Crippen LogP contribution in [0.2, 0.25) is 5.02 Å². The molecule has 1 aromatic carbocycles. The second kappa shape index (κ2) is 4.86. The third-order valence-corrected chi connectivity index (χ3v) is 3.62. The molecule has 1 N–H and O–H groups in total. The van der Waals surface area contributed by atoms with Crippen molar-refractivity contribution in [1.29, 1.82) is 0 Å². The second-order valence-electron chi connectivity index (χ2n) is 4.20. The maximum atomic E-state index is 11.8. The number of carbonyl (C=O) groups excluding carboxylic acids is 1. The molecule has 5 heteroatoms. The Kier molecular flexibility index (Phi) is 3.64. The monoisotopic (exact) mass is 317 g/mol. The molecular formula is C12H13BrClNO2. The Bertz CT molecular complexity index is 474.